The van der Waals surface area contributed by atoms with Gasteiger partial charge in [0.05, 0.1) is 12.4 Å². The van der Waals surface area contributed by atoms with Crippen LogP contribution in [0.4, 0.5) is 16.2 Å². The van der Waals surface area contributed by atoms with E-state index in [4.69, 9.17) is 0 Å². The van der Waals surface area contributed by atoms with Gasteiger partial charge in [0.25, 0.3) is 0 Å². The molecule has 9 heteroatoms. The van der Waals surface area contributed by atoms with Gasteiger partial charge in [-0.15, -0.1) is 0 Å². The van der Waals surface area contributed by atoms with Gasteiger partial charge in [0.15, 0.2) is 17.0 Å². The summed E-state index contributed by atoms with van der Waals surface area (Å²) in [6.07, 6.45) is 1.06. The molecule has 0 bridgehead atoms. The third-order valence-electron chi connectivity index (χ3n) is 3.60. The summed E-state index contributed by atoms with van der Waals surface area (Å²) >= 11 is 0. The molecular weight excluding hydrogens is 327 g/mol. The van der Waals surface area contributed by atoms with E-state index >= 15 is 0 Å². The summed E-state index contributed by atoms with van der Waals surface area (Å²) in [4.78, 5) is 13.0. The van der Waals surface area contributed by atoms with Gasteiger partial charge in [0.1, 0.15) is 11.6 Å². The van der Waals surface area contributed by atoms with Crippen molar-refractivity contribution in [2.24, 2.45) is 7.05 Å². The van der Waals surface area contributed by atoms with Crippen molar-refractivity contribution in [3.05, 3.63) is 35.9 Å². The Bertz CT molecular complexity index is 896. The zero-order valence-corrected chi connectivity index (χ0v) is 13.9. The molecule has 0 aliphatic rings. The molecule has 0 aliphatic heterocycles. The normalized spacial score (nSPS) is 12.3. The number of nitrogens with one attached hydrogen (secondary N) is 2. The number of aliphatic hydroxyl groups excluding tert-OH is 1. The Hall–Kier alpha value is -2.94. The quantitative estimate of drug-likeness (QED) is 0.537. The van der Waals surface area contributed by atoms with Crippen LogP contribution in [-0.4, -0.2) is 42.4 Å². The summed E-state index contributed by atoms with van der Waals surface area (Å²) < 4.78 is 15.1. The van der Waals surface area contributed by atoms with Gasteiger partial charge < -0.3 is 25.4 Å². The molecule has 8 nitrogen and oxygen atoms in total. The number of aromatic hydroxyl groups is 1. The van der Waals surface area contributed by atoms with Crippen molar-refractivity contribution in [3.63, 3.8) is 0 Å². The van der Waals surface area contributed by atoms with Crippen LogP contribution < -0.4 is 10.6 Å². The number of benzene rings is 1. The molecule has 0 fully saturated rings. The van der Waals surface area contributed by atoms with Crippen LogP contribution in [0.25, 0.3) is 11.2 Å². The molecule has 0 saturated carbocycles. The molecule has 2 aromatic heterocycles. The largest absolute Gasteiger partial charge is 0.508 e. The highest BCUT2D eigenvalue weighted by Gasteiger charge is 2.13. The number of phenols is 1. The third-order valence-corrected chi connectivity index (χ3v) is 3.60. The zero-order valence-electron chi connectivity index (χ0n) is 13.9. The Labute approximate surface area is 143 Å². The number of phenolic OH excluding ortho intramolecular Hbond substituents is 1. The van der Waals surface area contributed by atoms with Crippen LogP contribution in [0.15, 0.2) is 24.5 Å². The van der Waals surface area contributed by atoms with Crippen LogP contribution in [-0.2, 0) is 13.6 Å². The maximum atomic E-state index is 13.4. The first-order valence-electron chi connectivity index (χ1n) is 7.76. The first kappa shape index (κ1) is 16.9. The topological polar surface area (TPSA) is 108 Å². The van der Waals surface area contributed by atoms with E-state index in [0.29, 0.717) is 35.0 Å². The van der Waals surface area contributed by atoms with E-state index in [-0.39, 0.29) is 12.3 Å². The lowest BCUT2D eigenvalue weighted by Crippen LogP contribution is -2.17. The molecule has 0 amide bonds. The van der Waals surface area contributed by atoms with Crippen molar-refractivity contribution >= 4 is 22.9 Å². The number of aliphatic hydroxyl groups is 1. The van der Waals surface area contributed by atoms with Gasteiger partial charge in [0, 0.05) is 25.7 Å². The summed E-state index contributed by atoms with van der Waals surface area (Å²) in [6, 6.07) is 3.75. The number of fused-ring (bicyclic) bond motifs is 1. The van der Waals surface area contributed by atoms with Gasteiger partial charge in [0.2, 0.25) is 5.95 Å². The average molecular weight is 346 g/mol. The van der Waals surface area contributed by atoms with Crippen LogP contribution in [0.2, 0.25) is 0 Å². The molecule has 132 valence electrons. The molecule has 3 aromatic rings. The van der Waals surface area contributed by atoms with Crippen LogP contribution in [0.5, 0.6) is 5.75 Å². The minimum atomic E-state index is -0.550. The fourth-order valence-electron chi connectivity index (χ4n) is 2.32. The Morgan fingerprint density at radius 2 is 2.08 bits per heavy atom. The van der Waals surface area contributed by atoms with Crippen LogP contribution in [0, 0.1) is 5.82 Å². The second-order valence-corrected chi connectivity index (χ2v) is 5.78. The number of imidazole rings is 1. The molecule has 1 unspecified atom stereocenters. The molecular formula is C16H19FN6O2. The Morgan fingerprint density at radius 1 is 1.28 bits per heavy atom. The minimum Gasteiger partial charge on any atom is -0.508 e. The van der Waals surface area contributed by atoms with Gasteiger partial charge in [-0.3, -0.25) is 0 Å². The van der Waals surface area contributed by atoms with Crippen molar-refractivity contribution in [1.82, 2.24) is 19.5 Å². The summed E-state index contributed by atoms with van der Waals surface area (Å²) in [5.74, 6) is 0.345. The molecule has 0 radical (unpaired) electrons. The molecule has 3 rings (SSSR count). The molecule has 1 atom stereocenters. The lowest BCUT2D eigenvalue weighted by atomic mass is 10.2. The highest BCUT2D eigenvalue weighted by atomic mass is 19.1. The first-order chi connectivity index (χ1) is 11.9. The summed E-state index contributed by atoms with van der Waals surface area (Å²) in [5, 5.41) is 25.2. The van der Waals surface area contributed by atoms with Crippen molar-refractivity contribution in [1.29, 1.82) is 0 Å². The molecule has 0 saturated heterocycles. The number of anilines is 2. The maximum Gasteiger partial charge on any atom is 0.226 e. The van der Waals surface area contributed by atoms with Gasteiger partial charge in [-0.2, -0.15) is 9.97 Å². The standard InChI is InChI=1S/C16H19FN6O2/c1-9(24)6-19-16-21-14(13-15(22-16)23(2)8-20-13)18-7-10-5-11(17)3-4-12(10)25/h3-5,8-9,24-25H,6-7H2,1-2H3,(H2,18,19,21,22). The van der Waals surface area contributed by atoms with Crippen molar-refractivity contribution in [2.75, 3.05) is 17.2 Å². The van der Waals surface area contributed by atoms with Gasteiger partial charge in [-0.05, 0) is 25.1 Å². The fraction of sp³-hybridized carbons (Fsp3) is 0.312. The van der Waals surface area contributed by atoms with Gasteiger partial charge >= 0.3 is 0 Å². The van der Waals surface area contributed by atoms with E-state index in [1.54, 1.807) is 17.8 Å². The van der Waals surface area contributed by atoms with Crippen molar-refractivity contribution in [2.45, 2.75) is 19.6 Å². The molecule has 25 heavy (non-hydrogen) atoms. The number of aryl methyl sites for hydroxylation is 1. The van der Waals surface area contributed by atoms with E-state index in [1.165, 1.54) is 18.2 Å². The van der Waals surface area contributed by atoms with Crippen molar-refractivity contribution in [3.8, 4) is 5.75 Å². The average Bonchev–Trinajstić information content (AvgIpc) is 2.95. The fourth-order valence-corrected chi connectivity index (χ4v) is 2.32. The van der Waals surface area contributed by atoms with E-state index in [0.717, 1.165) is 0 Å². The van der Waals surface area contributed by atoms with Gasteiger partial charge in [-0.1, -0.05) is 0 Å². The van der Waals surface area contributed by atoms with Crippen molar-refractivity contribution < 1.29 is 14.6 Å². The van der Waals surface area contributed by atoms with Gasteiger partial charge in [-0.25, -0.2) is 9.37 Å². The Morgan fingerprint density at radius 3 is 2.84 bits per heavy atom. The van der Waals surface area contributed by atoms with E-state index < -0.39 is 11.9 Å². The van der Waals surface area contributed by atoms with E-state index in [2.05, 4.69) is 25.6 Å². The Kier molecular flexibility index (Phi) is 4.66. The highest BCUT2D eigenvalue weighted by molar-refractivity contribution is 5.84. The maximum absolute atomic E-state index is 13.4. The number of halogens is 1. The van der Waals surface area contributed by atoms with Crippen LogP contribution in [0.1, 0.15) is 12.5 Å². The molecule has 0 aliphatic carbocycles. The zero-order chi connectivity index (χ0) is 18.0. The molecule has 2 heterocycles. The second kappa shape index (κ2) is 6.89. The minimum absolute atomic E-state index is 0.00678. The van der Waals surface area contributed by atoms with E-state index in [9.17, 15) is 14.6 Å². The number of hydrogen-bond acceptors (Lipinski definition) is 7. The number of rotatable bonds is 6. The van der Waals surface area contributed by atoms with E-state index in [1.807, 2.05) is 7.05 Å². The van der Waals surface area contributed by atoms with Crippen LogP contribution in [0.3, 0.4) is 0 Å². The monoisotopic (exact) mass is 346 g/mol. The molecule has 1 aromatic carbocycles. The summed E-state index contributed by atoms with van der Waals surface area (Å²) in [5.41, 5.74) is 1.57. The Balaban J connectivity index is 1.89. The number of aromatic nitrogens is 4. The second-order valence-electron chi connectivity index (χ2n) is 5.78. The summed E-state index contributed by atoms with van der Waals surface area (Å²) in [7, 11) is 1.81. The molecule has 0 spiro atoms. The lowest BCUT2D eigenvalue weighted by Gasteiger charge is -2.11. The SMILES string of the molecule is CC(O)CNc1nc(NCc2cc(F)ccc2O)c2ncn(C)c2n1. The highest BCUT2D eigenvalue weighted by Crippen LogP contribution is 2.23. The lowest BCUT2D eigenvalue weighted by molar-refractivity contribution is 0.208. The predicted molar refractivity (Wildman–Crippen MR) is 91.9 cm³/mol. The predicted octanol–water partition coefficient (Wildman–Crippen LogP) is 1.61. The number of nitrogens with zero attached hydrogens (tertiary/aromatic N) is 4. The van der Waals surface area contributed by atoms with Crippen LogP contribution >= 0.6 is 0 Å². The summed E-state index contributed by atoms with van der Waals surface area (Å²) in [6.45, 7) is 2.12. The third kappa shape index (κ3) is 3.77. The smallest absolute Gasteiger partial charge is 0.226 e. The molecule has 4 N–H and O–H groups in total. The number of hydrogen-bond donors (Lipinski definition) is 4. The first-order valence-corrected chi connectivity index (χ1v) is 7.76.